The van der Waals surface area contributed by atoms with Gasteiger partial charge in [0.25, 0.3) is 6.43 Å². The number of aryl methyl sites for hydroxylation is 1. The third-order valence-electron chi connectivity index (χ3n) is 1.62. The zero-order valence-corrected chi connectivity index (χ0v) is 8.68. The number of carbonyl (C=O) groups is 1. The first-order valence-corrected chi connectivity index (χ1v) is 4.41. The molecule has 1 N–H and O–H groups in total. The first-order valence-electron chi connectivity index (χ1n) is 3.62. The van der Waals surface area contributed by atoms with Crippen molar-refractivity contribution in [3.63, 3.8) is 0 Å². The Labute approximate surface area is 86.9 Å². The zero-order valence-electron chi connectivity index (χ0n) is 7.09. The lowest BCUT2D eigenvalue weighted by Gasteiger charge is -2.06. The van der Waals surface area contributed by atoms with Crippen LogP contribution in [0.25, 0.3) is 0 Å². The number of pyridine rings is 1. The highest BCUT2D eigenvalue weighted by atomic mass is 79.9. The van der Waals surface area contributed by atoms with E-state index < -0.39 is 23.7 Å². The van der Waals surface area contributed by atoms with E-state index in [1.807, 2.05) is 0 Å². The standard InChI is InChI=1S/C8H6BrF2NO2/c1-3-2-4(8(13)14)5(7(10)11)12-6(3)9/h2,7H,1H3,(H,13,14). The van der Waals surface area contributed by atoms with Crippen LogP contribution in [0, 0.1) is 6.92 Å². The number of carboxylic acids is 1. The zero-order chi connectivity index (χ0) is 10.9. The second-order valence-electron chi connectivity index (χ2n) is 2.63. The molecule has 0 aliphatic heterocycles. The van der Waals surface area contributed by atoms with Crippen molar-refractivity contribution in [1.29, 1.82) is 0 Å². The van der Waals surface area contributed by atoms with Crippen molar-refractivity contribution in [1.82, 2.24) is 4.98 Å². The minimum atomic E-state index is -2.89. The molecular formula is C8H6BrF2NO2. The minimum absolute atomic E-state index is 0.234. The Kier molecular flexibility index (Phi) is 3.15. The summed E-state index contributed by atoms with van der Waals surface area (Å²) in [5.41, 5.74) is -0.664. The lowest BCUT2D eigenvalue weighted by Crippen LogP contribution is -2.06. The molecule has 0 radical (unpaired) electrons. The molecule has 1 aromatic rings. The molecule has 0 saturated carbocycles. The van der Waals surface area contributed by atoms with Crippen LogP contribution in [0.1, 0.15) is 28.0 Å². The highest BCUT2D eigenvalue weighted by molar-refractivity contribution is 9.10. The third-order valence-corrected chi connectivity index (χ3v) is 2.42. The maximum Gasteiger partial charge on any atom is 0.337 e. The summed E-state index contributed by atoms with van der Waals surface area (Å²) in [5.74, 6) is -1.40. The van der Waals surface area contributed by atoms with Crippen LogP contribution in [0.4, 0.5) is 8.78 Å². The molecule has 0 bridgehead atoms. The van der Waals surface area contributed by atoms with Crippen LogP contribution in [-0.4, -0.2) is 16.1 Å². The molecule has 1 heterocycles. The Balaban J connectivity index is 3.39. The molecule has 76 valence electrons. The van der Waals surface area contributed by atoms with E-state index in [9.17, 15) is 13.6 Å². The molecule has 0 aliphatic rings. The summed E-state index contributed by atoms with van der Waals surface area (Å²) in [5, 5.41) is 8.64. The highest BCUT2D eigenvalue weighted by Crippen LogP contribution is 2.25. The molecule has 3 nitrogen and oxygen atoms in total. The van der Waals surface area contributed by atoms with Gasteiger partial charge in [-0.25, -0.2) is 18.6 Å². The average Bonchev–Trinajstić information content (AvgIpc) is 2.08. The number of halogens is 3. The van der Waals surface area contributed by atoms with E-state index in [0.29, 0.717) is 5.56 Å². The van der Waals surface area contributed by atoms with Gasteiger partial charge in [0, 0.05) is 0 Å². The average molecular weight is 266 g/mol. The number of carboxylic acid groups (broad SMARTS) is 1. The first-order chi connectivity index (χ1) is 6.43. The van der Waals surface area contributed by atoms with Crippen molar-refractivity contribution in [2.45, 2.75) is 13.3 Å². The smallest absolute Gasteiger partial charge is 0.337 e. The maximum atomic E-state index is 12.4. The van der Waals surface area contributed by atoms with Gasteiger partial charge < -0.3 is 5.11 Å². The Morgan fingerprint density at radius 2 is 2.21 bits per heavy atom. The summed E-state index contributed by atoms with van der Waals surface area (Å²) >= 11 is 2.96. The van der Waals surface area contributed by atoms with Gasteiger partial charge in [-0.1, -0.05) is 0 Å². The summed E-state index contributed by atoms with van der Waals surface area (Å²) < 4.78 is 24.9. The van der Waals surface area contributed by atoms with E-state index in [1.54, 1.807) is 6.92 Å². The summed E-state index contributed by atoms with van der Waals surface area (Å²) in [7, 11) is 0. The van der Waals surface area contributed by atoms with Gasteiger partial charge in [0.1, 0.15) is 10.3 Å². The van der Waals surface area contributed by atoms with Crippen molar-refractivity contribution in [3.05, 3.63) is 27.5 Å². The van der Waals surface area contributed by atoms with Gasteiger partial charge in [0.05, 0.1) is 5.56 Å². The Hall–Kier alpha value is -1.04. The number of aromatic carboxylic acids is 1. The SMILES string of the molecule is Cc1cc(C(=O)O)c(C(F)F)nc1Br. The number of rotatable bonds is 2. The van der Waals surface area contributed by atoms with E-state index in [1.165, 1.54) is 6.07 Å². The van der Waals surface area contributed by atoms with Crippen LogP contribution in [-0.2, 0) is 0 Å². The summed E-state index contributed by atoms with van der Waals surface area (Å²) in [6.07, 6.45) is -2.89. The molecule has 6 heteroatoms. The lowest BCUT2D eigenvalue weighted by atomic mass is 10.1. The van der Waals surface area contributed by atoms with Crippen LogP contribution in [0.15, 0.2) is 10.7 Å². The molecule has 0 spiro atoms. The fourth-order valence-electron chi connectivity index (χ4n) is 0.942. The van der Waals surface area contributed by atoms with Crippen LogP contribution in [0.3, 0.4) is 0 Å². The predicted octanol–water partition coefficient (Wildman–Crippen LogP) is 2.79. The number of hydrogen-bond donors (Lipinski definition) is 1. The Morgan fingerprint density at radius 1 is 1.64 bits per heavy atom. The molecule has 0 amide bonds. The highest BCUT2D eigenvalue weighted by Gasteiger charge is 2.21. The van der Waals surface area contributed by atoms with Crippen LogP contribution >= 0.6 is 15.9 Å². The molecule has 0 aromatic carbocycles. The van der Waals surface area contributed by atoms with Gasteiger partial charge in [-0.2, -0.15) is 0 Å². The van der Waals surface area contributed by atoms with Gasteiger partial charge in [-0.3, -0.25) is 0 Å². The summed E-state index contributed by atoms with van der Waals surface area (Å²) in [4.78, 5) is 14.1. The van der Waals surface area contributed by atoms with Crippen molar-refractivity contribution in [2.75, 3.05) is 0 Å². The van der Waals surface area contributed by atoms with E-state index in [4.69, 9.17) is 5.11 Å². The number of alkyl halides is 2. The van der Waals surface area contributed by atoms with Crippen molar-refractivity contribution >= 4 is 21.9 Å². The second-order valence-corrected chi connectivity index (χ2v) is 3.39. The number of hydrogen-bond acceptors (Lipinski definition) is 2. The molecule has 0 fully saturated rings. The van der Waals surface area contributed by atoms with Crippen molar-refractivity contribution in [2.24, 2.45) is 0 Å². The summed E-state index contributed by atoms with van der Waals surface area (Å²) in [6.45, 7) is 1.58. The monoisotopic (exact) mass is 265 g/mol. The van der Waals surface area contributed by atoms with Crippen molar-refractivity contribution < 1.29 is 18.7 Å². The van der Waals surface area contributed by atoms with E-state index in [-0.39, 0.29) is 4.60 Å². The normalized spacial score (nSPS) is 10.6. The van der Waals surface area contributed by atoms with E-state index in [0.717, 1.165) is 0 Å². The van der Waals surface area contributed by atoms with E-state index in [2.05, 4.69) is 20.9 Å². The lowest BCUT2D eigenvalue weighted by molar-refractivity contribution is 0.0682. The topological polar surface area (TPSA) is 50.2 Å². The second kappa shape index (κ2) is 4.00. The number of aromatic nitrogens is 1. The largest absolute Gasteiger partial charge is 0.478 e. The molecule has 14 heavy (non-hydrogen) atoms. The Bertz CT molecular complexity index is 382. The maximum absolute atomic E-state index is 12.4. The summed E-state index contributed by atoms with van der Waals surface area (Å²) in [6, 6.07) is 1.17. The molecule has 0 aliphatic carbocycles. The van der Waals surface area contributed by atoms with Gasteiger partial charge in [0.2, 0.25) is 0 Å². The van der Waals surface area contributed by atoms with Gasteiger partial charge >= 0.3 is 5.97 Å². The molecule has 0 unspecified atom stereocenters. The van der Waals surface area contributed by atoms with Crippen molar-refractivity contribution in [3.8, 4) is 0 Å². The molecule has 0 atom stereocenters. The first kappa shape index (κ1) is 11.0. The van der Waals surface area contributed by atoms with Gasteiger partial charge in [0.15, 0.2) is 0 Å². The fraction of sp³-hybridized carbons (Fsp3) is 0.250. The number of nitrogens with zero attached hydrogens (tertiary/aromatic N) is 1. The van der Waals surface area contributed by atoms with Gasteiger partial charge in [-0.15, -0.1) is 0 Å². The molecule has 1 aromatic heterocycles. The van der Waals surface area contributed by atoms with E-state index >= 15 is 0 Å². The van der Waals surface area contributed by atoms with Crippen LogP contribution in [0.2, 0.25) is 0 Å². The quantitative estimate of drug-likeness (QED) is 0.837. The van der Waals surface area contributed by atoms with Crippen LogP contribution in [0.5, 0.6) is 0 Å². The molecular weight excluding hydrogens is 260 g/mol. The predicted molar refractivity (Wildman–Crippen MR) is 48.6 cm³/mol. The molecule has 1 rings (SSSR count). The van der Waals surface area contributed by atoms with Gasteiger partial charge in [-0.05, 0) is 34.5 Å². The molecule has 0 saturated heterocycles. The Morgan fingerprint density at radius 3 is 2.64 bits per heavy atom. The minimum Gasteiger partial charge on any atom is -0.478 e. The fourth-order valence-corrected chi connectivity index (χ4v) is 1.25. The van der Waals surface area contributed by atoms with Crippen LogP contribution < -0.4 is 0 Å². The third kappa shape index (κ3) is 2.06.